The van der Waals surface area contributed by atoms with Gasteiger partial charge in [-0.3, -0.25) is 0 Å². The van der Waals surface area contributed by atoms with Gasteiger partial charge in [0.05, 0.1) is 6.20 Å². The zero-order valence-corrected chi connectivity index (χ0v) is 12.8. The third-order valence-corrected chi connectivity index (χ3v) is 3.90. The predicted molar refractivity (Wildman–Crippen MR) is 81.4 cm³/mol. The molecule has 4 heteroatoms. The minimum absolute atomic E-state index is 0.257. The van der Waals surface area contributed by atoms with Gasteiger partial charge in [-0.15, -0.1) is 0 Å². The van der Waals surface area contributed by atoms with Crippen LogP contribution in [0.2, 0.25) is 0 Å². The van der Waals surface area contributed by atoms with Crippen molar-refractivity contribution >= 4 is 5.82 Å². The highest BCUT2D eigenvalue weighted by atomic mass is 19.1. The lowest BCUT2D eigenvalue weighted by Gasteiger charge is -2.31. The van der Waals surface area contributed by atoms with Crippen LogP contribution in [0, 0.1) is 17.7 Å². The molecule has 1 aromatic rings. The molecule has 2 rings (SSSR count). The van der Waals surface area contributed by atoms with Gasteiger partial charge < -0.3 is 10.2 Å². The highest BCUT2D eigenvalue weighted by Gasteiger charge is 2.21. The van der Waals surface area contributed by atoms with Crippen LogP contribution in [-0.2, 0) is 6.54 Å². The van der Waals surface area contributed by atoms with Crippen molar-refractivity contribution in [2.45, 2.75) is 39.7 Å². The Morgan fingerprint density at radius 1 is 1.45 bits per heavy atom. The van der Waals surface area contributed by atoms with Crippen molar-refractivity contribution < 1.29 is 4.39 Å². The molecule has 0 saturated heterocycles. The molecule has 1 aromatic heterocycles. The standard InChI is InChI=1S/C16H26FN3/c1-12(2)8-18-9-14-7-15(17)10-19-16(14)20(3)11-13-5-4-6-13/h7,10,12-13,18H,4-6,8-9,11H2,1-3H3. The number of anilines is 1. The normalized spacial score (nSPS) is 15.4. The Morgan fingerprint density at radius 3 is 2.80 bits per heavy atom. The molecule has 1 aliphatic carbocycles. The lowest BCUT2D eigenvalue weighted by molar-refractivity contribution is 0.320. The van der Waals surface area contributed by atoms with Crippen LogP contribution in [0.5, 0.6) is 0 Å². The minimum Gasteiger partial charge on any atom is -0.359 e. The Labute approximate surface area is 121 Å². The van der Waals surface area contributed by atoms with Crippen molar-refractivity contribution in [2.24, 2.45) is 11.8 Å². The van der Waals surface area contributed by atoms with E-state index in [-0.39, 0.29) is 5.82 Å². The molecule has 1 N–H and O–H groups in total. The van der Waals surface area contributed by atoms with E-state index in [9.17, 15) is 4.39 Å². The molecule has 0 aromatic carbocycles. The molecule has 1 heterocycles. The van der Waals surface area contributed by atoms with E-state index in [2.05, 4.69) is 36.1 Å². The second kappa shape index (κ2) is 7.02. The van der Waals surface area contributed by atoms with Gasteiger partial charge in [0.2, 0.25) is 0 Å². The Balaban J connectivity index is 2.01. The highest BCUT2D eigenvalue weighted by molar-refractivity contribution is 5.46. The lowest BCUT2D eigenvalue weighted by atomic mass is 9.85. The van der Waals surface area contributed by atoms with E-state index in [4.69, 9.17) is 0 Å². The van der Waals surface area contributed by atoms with Gasteiger partial charge in [-0.2, -0.15) is 0 Å². The Hall–Kier alpha value is -1.16. The summed E-state index contributed by atoms with van der Waals surface area (Å²) in [6.07, 6.45) is 5.29. The summed E-state index contributed by atoms with van der Waals surface area (Å²) in [6.45, 7) is 6.96. The lowest BCUT2D eigenvalue weighted by Crippen LogP contribution is -2.31. The van der Waals surface area contributed by atoms with Crippen molar-refractivity contribution in [1.82, 2.24) is 10.3 Å². The summed E-state index contributed by atoms with van der Waals surface area (Å²) in [6, 6.07) is 1.60. The van der Waals surface area contributed by atoms with Crippen molar-refractivity contribution in [3.05, 3.63) is 23.6 Å². The summed E-state index contributed by atoms with van der Waals surface area (Å²) in [5.74, 6) is 2.03. The maximum atomic E-state index is 13.4. The average molecular weight is 279 g/mol. The molecule has 0 atom stereocenters. The molecule has 20 heavy (non-hydrogen) atoms. The first kappa shape index (κ1) is 15.2. The third kappa shape index (κ3) is 4.17. The van der Waals surface area contributed by atoms with Gasteiger partial charge >= 0.3 is 0 Å². The van der Waals surface area contributed by atoms with Crippen LogP contribution >= 0.6 is 0 Å². The SMILES string of the molecule is CC(C)CNCc1cc(F)cnc1N(C)CC1CCC1. The third-order valence-electron chi connectivity index (χ3n) is 3.90. The van der Waals surface area contributed by atoms with Crippen molar-refractivity contribution in [1.29, 1.82) is 0 Å². The topological polar surface area (TPSA) is 28.2 Å². The van der Waals surface area contributed by atoms with Crippen LogP contribution in [0.3, 0.4) is 0 Å². The van der Waals surface area contributed by atoms with E-state index in [1.54, 1.807) is 6.07 Å². The van der Waals surface area contributed by atoms with Gasteiger partial charge in [0, 0.05) is 25.7 Å². The summed E-state index contributed by atoms with van der Waals surface area (Å²) in [7, 11) is 2.06. The number of halogens is 1. The van der Waals surface area contributed by atoms with Gasteiger partial charge in [0.1, 0.15) is 11.6 Å². The van der Waals surface area contributed by atoms with Gasteiger partial charge in [-0.05, 0) is 37.3 Å². The largest absolute Gasteiger partial charge is 0.359 e. The van der Waals surface area contributed by atoms with Crippen molar-refractivity contribution in [3.8, 4) is 0 Å². The summed E-state index contributed by atoms with van der Waals surface area (Å²) in [5.41, 5.74) is 0.951. The van der Waals surface area contributed by atoms with Gasteiger partial charge in [-0.25, -0.2) is 9.37 Å². The molecule has 112 valence electrons. The van der Waals surface area contributed by atoms with Crippen LogP contribution in [0.15, 0.2) is 12.3 Å². The van der Waals surface area contributed by atoms with Gasteiger partial charge in [0.25, 0.3) is 0 Å². The molecule has 0 aliphatic heterocycles. The van der Waals surface area contributed by atoms with Crippen molar-refractivity contribution in [2.75, 3.05) is 25.0 Å². The molecule has 0 unspecified atom stereocenters. The summed E-state index contributed by atoms with van der Waals surface area (Å²) in [5, 5.41) is 3.37. The molecule has 1 aliphatic rings. The molecule has 0 bridgehead atoms. The van der Waals surface area contributed by atoms with E-state index < -0.39 is 0 Å². The fourth-order valence-corrected chi connectivity index (χ4v) is 2.59. The number of rotatable bonds is 7. The highest BCUT2D eigenvalue weighted by Crippen LogP contribution is 2.28. The van der Waals surface area contributed by atoms with E-state index in [0.29, 0.717) is 12.5 Å². The molecule has 1 fully saturated rings. The number of pyridine rings is 1. The first-order chi connectivity index (χ1) is 9.56. The van der Waals surface area contributed by atoms with Crippen molar-refractivity contribution in [3.63, 3.8) is 0 Å². The number of nitrogens with one attached hydrogen (secondary N) is 1. The fourth-order valence-electron chi connectivity index (χ4n) is 2.59. The quantitative estimate of drug-likeness (QED) is 0.830. The van der Waals surface area contributed by atoms with Gasteiger partial charge in [-0.1, -0.05) is 20.3 Å². The van der Waals surface area contributed by atoms with Gasteiger partial charge in [0.15, 0.2) is 0 Å². The Morgan fingerprint density at radius 2 is 2.20 bits per heavy atom. The number of hydrogen-bond acceptors (Lipinski definition) is 3. The molecule has 0 radical (unpaired) electrons. The van der Waals surface area contributed by atoms with Crippen LogP contribution in [0.1, 0.15) is 38.7 Å². The van der Waals surface area contributed by atoms with Crippen LogP contribution < -0.4 is 10.2 Å². The van der Waals surface area contributed by atoms with E-state index >= 15 is 0 Å². The predicted octanol–water partition coefficient (Wildman–Crippen LogP) is 3.20. The van der Waals surface area contributed by atoms with E-state index in [0.717, 1.165) is 30.4 Å². The van der Waals surface area contributed by atoms with Crippen LogP contribution in [0.4, 0.5) is 10.2 Å². The first-order valence-electron chi connectivity index (χ1n) is 7.62. The molecule has 0 spiro atoms. The van der Waals surface area contributed by atoms with Crippen LogP contribution in [-0.4, -0.2) is 25.1 Å². The molecule has 1 saturated carbocycles. The number of nitrogens with zero attached hydrogens (tertiary/aromatic N) is 2. The monoisotopic (exact) mass is 279 g/mol. The second-order valence-corrected chi connectivity index (χ2v) is 6.34. The van der Waals surface area contributed by atoms with E-state index in [1.165, 1.54) is 25.5 Å². The molecular weight excluding hydrogens is 253 g/mol. The molecule has 3 nitrogen and oxygen atoms in total. The smallest absolute Gasteiger partial charge is 0.141 e. The summed E-state index contributed by atoms with van der Waals surface area (Å²) >= 11 is 0. The number of aromatic nitrogens is 1. The molecule has 0 amide bonds. The second-order valence-electron chi connectivity index (χ2n) is 6.34. The number of hydrogen-bond donors (Lipinski definition) is 1. The zero-order valence-electron chi connectivity index (χ0n) is 12.8. The average Bonchev–Trinajstić information content (AvgIpc) is 2.33. The maximum absolute atomic E-state index is 13.4. The minimum atomic E-state index is -0.257. The Kier molecular flexibility index (Phi) is 5.35. The maximum Gasteiger partial charge on any atom is 0.141 e. The van der Waals surface area contributed by atoms with E-state index in [1.807, 2.05) is 0 Å². The Bertz CT molecular complexity index is 430. The summed E-state index contributed by atoms with van der Waals surface area (Å²) in [4.78, 5) is 6.47. The fraction of sp³-hybridized carbons (Fsp3) is 0.688. The zero-order chi connectivity index (χ0) is 14.5. The first-order valence-corrected chi connectivity index (χ1v) is 7.62. The van der Waals surface area contributed by atoms with Crippen LogP contribution in [0.25, 0.3) is 0 Å². The summed E-state index contributed by atoms with van der Waals surface area (Å²) < 4.78 is 13.4. The molecular formula is C16H26FN3.